The lowest BCUT2D eigenvalue weighted by molar-refractivity contribution is -0.137. The van der Waals surface area contributed by atoms with E-state index in [2.05, 4.69) is 16.0 Å². The third kappa shape index (κ3) is 11.3. The van der Waals surface area contributed by atoms with Gasteiger partial charge >= 0.3 is 12.0 Å². The molecule has 0 saturated heterocycles. The molecule has 3 amide bonds. The molecule has 0 bridgehead atoms. The predicted molar refractivity (Wildman–Crippen MR) is 75.3 cm³/mol. The Bertz CT molecular complexity index is 350. The van der Waals surface area contributed by atoms with Crippen molar-refractivity contribution in [3.8, 4) is 0 Å². The summed E-state index contributed by atoms with van der Waals surface area (Å²) in [6, 6.07) is -0.848. The summed E-state index contributed by atoms with van der Waals surface area (Å²) in [5, 5.41) is 16.6. The number of hydrogen-bond donors (Lipinski definition) is 4. The van der Waals surface area contributed by atoms with Crippen molar-refractivity contribution in [1.82, 2.24) is 16.0 Å². The summed E-state index contributed by atoms with van der Waals surface area (Å²) >= 11 is 0. The second-order valence-corrected chi connectivity index (χ2v) is 5.94. The first kappa shape index (κ1) is 18.2. The molecule has 0 radical (unpaired) electrons. The van der Waals surface area contributed by atoms with Crippen molar-refractivity contribution in [2.45, 2.75) is 46.6 Å². The Hall–Kier alpha value is -1.79. The topological polar surface area (TPSA) is 108 Å². The highest BCUT2D eigenvalue weighted by atomic mass is 16.4. The molecule has 0 aliphatic heterocycles. The fraction of sp³-hybridized carbons (Fsp3) is 0.769. The third-order valence-electron chi connectivity index (χ3n) is 2.40. The van der Waals surface area contributed by atoms with Gasteiger partial charge in [0.05, 0.1) is 6.42 Å². The van der Waals surface area contributed by atoms with E-state index in [1.165, 1.54) is 6.92 Å². The van der Waals surface area contributed by atoms with E-state index in [1.807, 2.05) is 20.8 Å². The number of carboxylic acid groups (broad SMARTS) is 1. The number of amides is 3. The Labute approximate surface area is 119 Å². The number of carbonyl (C=O) groups excluding carboxylic acids is 2. The highest BCUT2D eigenvalue weighted by Crippen LogP contribution is 2.22. The van der Waals surface area contributed by atoms with Crippen molar-refractivity contribution in [2.24, 2.45) is 5.41 Å². The maximum absolute atomic E-state index is 11.6. The summed E-state index contributed by atoms with van der Waals surface area (Å²) in [5.74, 6) is -1.11. The number of urea groups is 1. The molecule has 7 heteroatoms. The number of carboxylic acids is 1. The van der Waals surface area contributed by atoms with Crippen LogP contribution in [0.15, 0.2) is 0 Å². The molecule has 4 N–H and O–H groups in total. The van der Waals surface area contributed by atoms with Crippen molar-refractivity contribution in [3.05, 3.63) is 0 Å². The average Bonchev–Trinajstić information content (AvgIpc) is 2.20. The lowest BCUT2D eigenvalue weighted by Gasteiger charge is -2.25. The third-order valence-corrected chi connectivity index (χ3v) is 2.40. The van der Waals surface area contributed by atoms with Gasteiger partial charge in [-0.15, -0.1) is 0 Å². The Kier molecular flexibility index (Phi) is 7.64. The largest absolute Gasteiger partial charge is 0.481 e. The zero-order valence-corrected chi connectivity index (χ0v) is 12.6. The van der Waals surface area contributed by atoms with Gasteiger partial charge < -0.3 is 21.1 Å². The molecule has 1 unspecified atom stereocenters. The fourth-order valence-corrected chi connectivity index (χ4v) is 1.78. The van der Waals surface area contributed by atoms with Crippen LogP contribution in [0.1, 0.15) is 40.5 Å². The Morgan fingerprint density at radius 2 is 1.65 bits per heavy atom. The van der Waals surface area contributed by atoms with Crippen LogP contribution < -0.4 is 16.0 Å². The van der Waals surface area contributed by atoms with Gasteiger partial charge in [-0.1, -0.05) is 20.8 Å². The van der Waals surface area contributed by atoms with E-state index < -0.39 is 18.0 Å². The minimum Gasteiger partial charge on any atom is -0.481 e. The van der Waals surface area contributed by atoms with E-state index in [1.54, 1.807) is 0 Å². The SMILES string of the molecule is CC(=O)NCCNC(=O)NC(CC(=O)O)CC(C)(C)C. The molecule has 0 saturated carbocycles. The van der Waals surface area contributed by atoms with Crippen molar-refractivity contribution in [2.75, 3.05) is 13.1 Å². The maximum atomic E-state index is 11.6. The molecule has 20 heavy (non-hydrogen) atoms. The van der Waals surface area contributed by atoms with Gasteiger partial charge in [0.25, 0.3) is 0 Å². The van der Waals surface area contributed by atoms with Crippen LogP contribution in [0.5, 0.6) is 0 Å². The zero-order valence-electron chi connectivity index (χ0n) is 12.6. The Morgan fingerprint density at radius 3 is 2.10 bits per heavy atom. The van der Waals surface area contributed by atoms with Crippen molar-refractivity contribution < 1.29 is 19.5 Å². The molecule has 0 aromatic carbocycles. The number of aliphatic carboxylic acids is 1. The van der Waals surface area contributed by atoms with Crippen LogP contribution in [0.4, 0.5) is 4.79 Å². The monoisotopic (exact) mass is 287 g/mol. The molecule has 0 rings (SSSR count). The summed E-state index contributed by atoms with van der Waals surface area (Å²) in [6.07, 6.45) is 0.453. The second-order valence-electron chi connectivity index (χ2n) is 5.94. The van der Waals surface area contributed by atoms with Gasteiger partial charge in [-0.3, -0.25) is 9.59 Å². The van der Waals surface area contributed by atoms with Gasteiger partial charge in [0.15, 0.2) is 0 Å². The number of carbonyl (C=O) groups is 3. The molecular weight excluding hydrogens is 262 g/mol. The Balaban J connectivity index is 4.18. The molecule has 0 fully saturated rings. The molecule has 0 aromatic heterocycles. The second kappa shape index (κ2) is 8.39. The molecule has 0 spiro atoms. The molecule has 1 atom stereocenters. The van der Waals surface area contributed by atoms with Crippen LogP contribution in [0.3, 0.4) is 0 Å². The summed E-state index contributed by atoms with van der Waals surface area (Å²) in [5.41, 5.74) is -0.0798. The number of nitrogens with one attached hydrogen (secondary N) is 3. The van der Waals surface area contributed by atoms with E-state index in [-0.39, 0.29) is 17.7 Å². The van der Waals surface area contributed by atoms with Crippen LogP contribution in [0, 0.1) is 5.41 Å². The van der Waals surface area contributed by atoms with Crippen LogP contribution in [-0.4, -0.2) is 42.1 Å². The Morgan fingerprint density at radius 1 is 1.10 bits per heavy atom. The first-order chi connectivity index (χ1) is 9.10. The van der Waals surface area contributed by atoms with Gasteiger partial charge in [-0.05, 0) is 11.8 Å². The number of rotatable bonds is 7. The summed E-state index contributed by atoms with van der Waals surface area (Å²) < 4.78 is 0. The van der Waals surface area contributed by atoms with Crippen LogP contribution >= 0.6 is 0 Å². The normalized spacial score (nSPS) is 12.4. The molecular formula is C13H25N3O4. The zero-order chi connectivity index (χ0) is 15.8. The smallest absolute Gasteiger partial charge is 0.315 e. The lowest BCUT2D eigenvalue weighted by Crippen LogP contribution is -2.46. The van der Waals surface area contributed by atoms with Crippen molar-refractivity contribution in [1.29, 1.82) is 0 Å². The fourth-order valence-electron chi connectivity index (χ4n) is 1.78. The molecule has 0 aliphatic rings. The molecule has 0 aromatic rings. The lowest BCUT2D eigenvalue weighted by atomic mass is 9.87. The van der Waals surface area contributed by atoms with Gasteiger partial charge in [0.1, 0.15) is 0 Å². The van der Waals surface area contributed by atoms with Crippen molar-refractivity contribution >= 4 is 17.9 Å². The highest BCUT2D eigenvalue weighted by Gasteiger charge is 2.22. The van der Waals surface area contributed by atoms with Crippen LogP contribution in [0.25, 0.3) is 0 Å². The molecule has 7 nitrogen and oxygen atoms in total. The van der Waals surface area contributed by atoms with Gasteiger partial charge in [-0.25, -0.2) is 4.79 Å². The summed E-state index contributed by atoms with van der Waals surface area (Å²) in [7, 11) is 0. The molecule has 116 valence electrons. The van der Waals surface area contributed by atoms with E-state index in [4.69, 9.17) is 5.11 Å². The quantitative estimate of drug-likeness (QED) is 0.517. The first-order valence-corrected chi connectivity index (χ1v) is 6.61. The van der Waals surface area contributed by atoms with Gasteiger partial charge in [0, 0.05) is 26.1 Å². The minimum atomic E-state index is -0.946. The van der Waals surface area contributed by atoms with Crippen LogP contribution in [-0.2, 0) is 9.59 Å². The van der Waals surface area contributed by atoms with Crippen LogP contribution in [0.2, 0.25) is 0 Å². The minimum absolute atomic E-state index is 0.0798. The highest BCUT2D eigenvalue weighted by molar-refractivity contribution is 5.76. The van der Waals surface area contributed by atoms with E-state index >= 15 is 0 Å². The maximum Gasteiger partial charge on any atom is 0.315 e. The average molecular weight is 287 g/mol. The first-order valence-electron chi connectivity index (χ1n) is 6.61. The van der Waals surface area contributed by atoms with Crippen molar-refractivity contribution in [3.63, 3.8) is 0 Å². The standard InChI is InChI=1S/C13H25N3O4/c1-9(17)14-5-6-15-12(20)16-10(7-11(18)19)8-13(2,3)4/h10H,5-8H2,1-4H3,(H,14,17)(H,18,19)(H2,15,16,20). The van der Waals surface area contributed by atoms with Gasteiger partial charge in [-0.2, -0.15) is 0 Å². The molecule has 0 heterocycles. The van der Waals surface area contributed by atoms with Gasteiger partial charge in [0.2, 0.25) is 5.91 Å². The molecule has 0 aliphatic carbocycles. The summed E-state index contributed by atoms with van der Waals surface area (Å²) in [6.45, 7) is 7.98. The summed E-state index contributed by atoms with van der Waals surface area (Å²) in [4.78, 5) is 33.1. The van der Waals surface area contributed by atoms with E-state index in [0.29, 0.717) is 19.5 Å². The van der Waals surface area contributed by atoms with E-state index in [9.17, 15) is 14.4 Å². The number of hydrogen-bond acceptors (Lipinski definition) is 3. The predicted octanol–water partition coefficient (Wildman–Crippen LogP) is 0.701. The van der Waals surface area contributed by atoms with E-state index in [0.717, 1.165) is 0 Å².